The smallest absolute Gasteiger partial charge is 0.276 e. The lowest BCUT2D eigenvalue weighted by Crippen LogP contribution is -2.27. The molecular weight excluding hydrogens is 384 g/mol. The molecule has 4 rings (SSSR count). The third-order valence-corrected chi connectivity index (χ3v) is 5.38. The lowest BCUT2D eigenvalue weighted by molar-refractivity contribution is 0.0711. The maximum absolute atomic E-state index is 13.4. The van der Waals surface area contributed by atoms with Gasteiger partial charge in [0.2, 0.25) is 0 Å². The molecule has 1 heterocycles. The minimum atomic E-state index is -0.232. The van der Waals surface area contributed by atoms with Gasteiger partial charge in [-0.15, -0.1) is 0 Å². The lowest BCUT2D eigenvalue weighted by Gasteiger charge is -2.23. The van der Waals surface area contributed by atoms with Crippen LogP contribution in [0.2, 0.25) is 5.02 Å². The number of carbonyl (C=O) groups excluding carboxylic acids is 1. The van der Waals surface area contributed by atoms with Crippen molar-refractivity contribution in [2.45, 2.75) is 19.4 Å². The van der Waals surface area contributed by atoms with Crippen LogP contribution in [0.5, 0.6) is 5.75 Å². The van der Waals surface area contributed by atoms with E-state index in [1.807, 2.05) is 55.5 Å². The number of hydrogen-bond donors (Lipinski definition) is 0. The molecule has 1 atom stereocenters. The van der Waals surface area contributed by atoms with Crippen molar-refractivity contribution in [1.82, 2.24) is 5.01 Å². The van der Waals surface area contributed by atoms with Gasteiger partial charge in [-0.1, -0.05) is 65.7 Å². The molecule has 3 aromatic carbocycles. The van der Waals surface area contributed by atoms with E-state index in [9.17, 15) is 4.79 Å². The summed E-state index contributed by atoms with van der Waals surface area (Å²) in [6.07, 6.45) is 0.618. The predicted octanol–water partition coefficient (Wildman–Crippen LogP) is 5.65. The highest BCUT2D eigenvalue weighted by molar-refractivity contribution is 6.33. The van der Waals surface area contributed by atoms with Gasteiger partial charge < -0.3 is 4.74 Å². The molecule has 0 bridgehead atoms. The quantitative estimate of drug-likeness (QED) is 0.564. The average Bonchev–Trinajstić information content (AvgIpc) is 3.19. The molecule has 29 heavy (non-hydrogen) atoms. The molecule has 0 saturated carbocycles. The molecular formula is C24H21ClN2O2. The normalized spacial score (nSPS) is 15.9. The first-order valence-electron chi connectivity index (χ1n) is 9.43. The fourth-order valence-electron chi connectivity index (χ4n) is 3.56. The van der Waals surface area contributed by atoms with E-state index < -0.39 is 0 Å². The van der Waals surface area contributed by atoms with Gasteiger partial charge in [0.05, 0.1) is 29.4 Å². The number of methoxy groups -OCH3 is 1. The molecule has 0 fully saturated rings. The summed E-state index contributed by atoms with van der Waals surface area (Å²) in [7, 11) is 1.63. The van der Waals surface area contributed by atoms with E-state index in [2.05, 4.69) is 6.07 Å². The molecule has 0 unspecified atom stereocenters. The SMILES string of the molecule is COc1cccc([C@@H]2CC(c3cccc(C)c3)=NN2C(=O)c2ccccc2Cl)c1. The van der Waals surface area contributed by atoms with Crippen LogP contribution in [-0.2, 0) is 0 Å². The van der Waals surface area contributed by atoms with Crippen molar-refractivity contribution in [3.05, 3.63) is 100 Å². The fourth-order valence-corrected chi connectivity index (χ4v) is 3.78. The Morgan fingerprint density at radius 1 is 1.07 bits per heavy atom. The van der Waals surface area contributed by atoms with Crippen LogP contribution in [0.15, 0.2) is 77.9 Å². The van der Waals surface area contributed by atoms with Gasteiger partial charge in [-0.05, 0) is 42.3 Å². The zero-order valence-corrected chi connectivity index (χ0v) is 17.1. The Balaban J connectivity index is 1.77. The van der Waals surface area contributed by atoms with Crippen LogP contribution >= 0.6 is 11.6 Å². The molecule has 5 heteroatoms. The summed E-state index contributed by atoms with van der Waals surface area (Å²) in [5, 5.41) is 6.70. The highest BCUT2D eigenvalue weighted by Crippen LogP contribution is 2.36. The number of hydrogen-bond acceptors (Lipinski definition) is 3. The van der Waals surface area contributed by atoms with Crippen molar-refractivity contribution in [2.75, 3.05) is 7.11 Å². The molecule has 1 amide bonds. The number of ether oxygens (including phenoxy) is 1. The van der Waals surface area contributed by atoms with Crippen molar-refractivity contribution in [1.29, 1.82) is 0 Å². The van der Waals surface area contributed by atoms with Crippen molar-refractivity contribution >= 4 is 23.2 Å². The number of rotatable bonds is 4. The van der Waals surface area contributed by atoms with Gasteiger partial charge in [0, 0.05) is 6.42 Å². The van der Waals surface area contributed by atoms with Gasteiger partial charge in [-0.2, -0.15) is 5.10 Å². The summed E-state index contributed by atoms with van der Waals surface area (Å²) in [4.78, 5) is 13.4. The van der Waals surface area contributed by atoms with Gasteiger partial charge in [-0.25, -0.2) is 5.01 Å². The third kappa shape index (κ3) is 3.89. The molecule has 1 aliphatic rings. The molecule has 0 saturated heterocycles. The van der Waals surface area contributed by atoms with E-state index in [-0.39, 0.29) is 11.9 Å². The molecule has 0 aromatic heterocycles. The Hall–Kier alpha value is -3.11. The highest BCUT2D eigenvalue weighted by atomic mass is 35.5. The van der Waals surface area contributed by atoms with Crippen molar-refractivity contribution in [3.8, 4) is 5.75 Å². The summed E-state index contributed by atoms with van der Waals surface area (Å²) in [5.41, 5.74) is 4.46. The maximum atomic E-state index is 13.4. The van der Waals surface area contributed by atoms with Crippen LogP contribution in [0.1, 0.15) is 39.5 Å². The van der Waals surface area contributed by atoms with E-state index in [1.54, 1.807) is 30.3 Å². The Morgan fingerprint density at radius 2 is 1.86 bits per heavy atom. The van der Waals surface area contributed by atoms with Gasteiger partial charge in [0.1, 0.15) is 5.75 Å². The molecule has 0 spiro atoms. The zero-order valence-electron chi connectivity index (χ0n) is 16.3. The Labute approximate surface area is 175 Å². The topological polar surface area (TPSA) is 41.9 Å². The van der Waals surface area contributed by atoms with Crippen molar-refractivity contribution in [2.24, 2.45) is 5.10 Å². The Morgan fingerprint density at radius 3 is 2.62 bits per heavy atom. The molecule has 1 aliphatic heterocycles. The first kappa shape index (κ1) is 19.2. The zero-order chi connectivity index (χ0) is 20.4. The van der Waals surface area contributed by atoms with Gasteiger partial charge >= 0.3 is 0 Å². The van der Waals surface area contributed by atoms with E-state index in [0.717, 1.165) is 28.2 Å². The van der Waals surface area contributed by atoms with E-state index in [0.29, 0.717) is 17.0 Å². The van der Waals surface area contributed by atoms with Gasteiger partial charge in [0.25, 0.3) is 5.91 Å². The van der Waals surface area contributed by atoms with Crippen LogP contribution in [0.3, 0.4) is 0 Å². The number of hydrazone groups is 1. The first-order valence-corrected chi connectivity index (χ1v) is 9.81. The maximum Gasteiger partial charge on any atom is 0.276 e. The minimum Gasteiger partial charge on any atom is -0.497 e. The molecule has 4 nitrogen and oxygen atoms in total. The minimum absolute atomic E-state index is 0.217. The van der Waals surface area contributed by atoms with Crippen LogP contribution in [0.4, 0.5) is 0 Å². The number of carbonyl (C=O) groups is 1. The van der Waals surface area contributed by atoms with E-state index >= 15 is 0 Å². The standard InChI is InChI=1S/C24H21ClN2O2/c1-16-7-5-8-17(13-16)22-15-23(18-9-6-10-19(14-18)29-2)27(26-22)24(28)20-11-3-4-12-21(20)25/h3-14,23H,15H2,1-2H3/t23-/m0/s1. The second-order valence-corrected chi connectivity index (χ2v) is 7.45. The molecule has 0 aliphatic carbocycles. The highest BCUT2D eigenvalue weighted by Gasteiger charge is 2.34. The van der Waals surface area contributed by atoms with E-state index in [4.69, 9.17) is 21.4 Å². The summed E-state index contributed by atoms with van der Waals surface area (Å²) in [5.74, 6) is 0.530. The summed E-state index contributed by atoms with van der Waals surface area (Å²) < 4.78 is 5.38. The average molecular weight is 405 g/mol. The van der Waals surface area contributed by atoms with Crippen LogP contribution in [0.25, 0.3) is 0 Å². The summed E-state index contributed by atoms with van der Waals surface area (Å²) >= 11 is 6.30. The third-order valence-electron chi connectivity index (χ3n) is 5.05. The number of benzene rings is 3. The second kappa shape index (κ2) is 8.10. The summed E-state index contributed by atoms with van der Waals surface area (Å²) in [6.45, 7) is 2.05. The molecule has 146 valence electrons. The molecule has 0 N–H and O–H groups in total. The van der Waals surface area contributed by atoms with Gasteiger partial charge in [-0.3, -0.25) is 4.79 Å². The Kier molecular flexibility index (Phi) is 5.36. The number of nitrogens with zero attached hydrogens (tertiary/aromatic N) is 2. The lowest BCUT2D eigenvalue weighted by atomic mass is 9.97. The van der Waals surface area contributed by atoms with Crippen molar-refractivity contribution < 1.29 is 9.53 Å². The predicted molar refractivity (Wildman–Crippen MR) is 116 cm³/mol. The van der Waals surface area contributed by atoms with Gasteiger partial charge in [0.15, 0.2) is 0 Å². The number of amides is 1. The fraction of sp³-hybridized carbons (Fsp3) is 0.167. The molecule has 3 aromatic rings. The molecule has 0 radical (unpaired) electrons. The van der Waals surface area contributed by atoms with Crippen LogP contribution in [-0.4, -0.2) is 23.7 Å². The van der Waals surface area contributed by atoms with Crippen LogP contribution < -0.4 is 4.74 Å². The van der Waals surface area contributed by atoms with E-state index in [1.165, 1.54) is 0 Å². The largest absolute Gasteiger partial charge is 0.497 e. The van der Waals surface area contributed by atoms with Crippen LogP contribution in [0, 0.1) is 6.92 Å². The first-order chi connectivity index (χ1) is 14.1. The Bertz CT molecular complexity index is 1090. The summed E-state index contributed by atoms with van der Waals surface area (Å²) in [6, 6.07) is 22.8. The monoisotopic (exact) mass is 404 g/mol. The second-order valence-electron chi connectivity index (χ2n) is 7.04. The number of aryl methyl sites for hydroxylation is 1. The number of halogens is 1. The van der Waals surface area contributed by atoms with Crippen molar-refractivity contribution in [3.63, 3.8) is 0 Å².